The summed E-state index contributed by atoms with van der Waals surface area (Å²) in [6.45, 7) is 3.50. The number of ketones is 1. The van der Waals surface area contributed by atoms with Crippen molar-refractivity contribution in [3.63, 3.8) is 0 Å². The molecule has 0 bridgehead atoms. The molecule has 2 atom stereocenters. The molecule has 6 nitrogen and oxygen atoms in total. The predicted octanol–water partition coefficient (Wildman–Crippen LogP) is 5.02. The summed E-state index contributed by atoms with van der Waals surface area (Å²) < 4.78 is 4.55. The summed E-state index contributed by atoms with van der Waals surface area (Å²) in [7, 11) is 0. The molecule has 0 fully saturated rings. The number of carbonyl (C=O) groups is 3. The number of hydrogen-bond donors (Lipinski definition) is 2. The quantitative estimate of drug-likeness (QED) is 0.160. The fraction of sp³-hybridized carbons (Fsp3) is 0.875. The maximum Gasteiger partial charge on any atom is 0.343 e. The van der Waals surface area contributed by atoms with Gasteiger partial charge >= 0.3 is 11.9 Å². The van der Waals surface area contributed by atoms with Crippen molar-refractivity contribution in [3.05, 3.63) is 0 Å². The molecule has 0 aliphatic carbocycles. The minimum atomic E-state index is -1.71. The van der Waals surface area contributed by atoms with Gasteiger partial charge in [0.2, 0.25) is 0 Å². The van der Waals surface area contributed by atoms with Crippen molar-refractivity contribution in [2.24, 2.45) is 0 Å². The molecule has 2 N–H and O–H groups in total. The second kappa shape index (κ2) is 19.7. The first-order chi connectivity index (χ1) is 14.4. The van der Waals surface area contributed by atoms with Crippen molar-refractivity contribution >= 4 is 17.7 Å². The Labute approximate surface area is 182 Å². The summed E-state index contributed by atoms with van der Waals surface area (Å²) >= 11 is 0. The molecule has 0 radical (unpaired) electrons. The van der Waals surface area contributed by atoms with Crippen LogP contribution in [0.15, 0.2) is 0 Å². The number of Topliss-reactive ketones (excluding diaryl/α,β-unsaturated/α-hetero) is 1. The number of aliphatic hydroxyl groups excluding tert-OH is 2. The second-order valence-electron chi connectivity index (χ2n) is 8.36. The van der Waals surface area contributed by atoms with Gasteiger partial charge in [-0.1, -0.05) is 96.8 Å². The van der Waals surface area contributed by atoms with Crippen LogP contribution < -0.4 is 0 Å². The molecule has 6 heteroatoms. The SMILES string of the molecule is CCCCCCCCCCCCCCCCCC(=O)OC(=O)C(O)CC(=O)C(C)O. The van der Waals surface area contributed by atoms with Gasteiger partial charge in [0.05, 0.1) is 0 Å². The summed E-state index contributed by atoms with van der Waals surface area (Å²) in [6.07, 6.45) is 15.1. The van der Waals surface area contributed by atoms with Gasteiger partial charge in [-0.2, -0.15) is 0 Å². The first kappa shape index (κ1) is 28.7. The average molecular weight is 429 g/mol. The van der Waals surface area contributed by atoms with Gasteiger partial charge in [-0.05, 0) is 13.3 Å². The molecule has 0 spiro atoms. The van der Waals surface area contributed by atoms with Crippen LogP contribution in [0, 0.1) is 0 Å². The Morgan fingerprint density at radius 1 is 0.700 bits per heavy atom. The number of hydrogen-bond acceptors (Lipinski definition) is 6. The minimum Gasteiger partial charge on any atom is -0.391 e. The fourth-order valence-electron chi connectivity index (χ4n) is 3.32. The van der Waals surface area contributed by atoms with Crippen molar-refractivity contribution in [3.8, 4) is 0 Å². The molecular formula is C24H44O6. The molecule has 0 amide bonds. The summed E-state index contributed by atoms with van der Waals surface area (Å²) in [5.74, 6) is -2.48. The van der Waals surface area contributed by atoms with Gasteiger partial charge in [-0.3, -0.25) is 9.59 Å². The molecule has 30 heavy (non-hydrogen) atoms. The molecule has 0 rings (SSSR count). The third kappa shape index (κ3) is 17.6. The smallest absolute Gasteiger partial charge is 0.343 e. The lowest BCUT2D eigenvalue weighted by atomic mass is 10.0. The van der Waals surface area contributed by atoms with Gasteiger partial charge in [0, 0.05) is 12.8 Å². The summed E-state index contributed by atoms with van der Waals surface area (Å²) in [5.41, 5.74) is 0. The Kier molecular flexibility index (Phi) is 18.8. The Bertz CT molecular complexity index is 461. The van der Waals surface area contributed by atoms with E-state index < -0.39 is 36.4 Å². The molecule has 0 aromatic rings. The van der Waals surface area contributed by atoms with Crippen LogP contribution in [0.3, 0.4) is 0 Å². The highest BCUT2D eigenvalue weighted by Crippen LogP contribution is 2.14. The molecular weight excluding hydrogens is 384 g/mol. The largest absolute Gasteiger partial charge is 0.391 e. The topological polar surface area (TPSA) is 101 Å². The van der Waals surface area contributed by atoms with Gasteiger partial charge < -0.3 is 14.9 Å². The Balaban J connectivity index is 3.46. The van der Waals surface area contributed by atoms with Crippen LogP contribution in [0.4, 0.5) is 0 Å². The highest BCUT2D eigenvalue weighted by Gasteiger charge is 2.24. The summed E-state index contributed by atoms with van der Waals surface area (Å²) in [6, 6.07) is 0. The van der Waals surface area contributed by atoms with E-state index >= 15 is 0 Å². The average Bonchev–Trinajstić information content (AvgIpc) is 2.70. The molecule has 0 aromatic carbocycles. The maximum atomic E-state index is 11.6. The predicted molar refractivity (Wildman–Crippen MR) is 118 cm³/mol. The summed E-state index contributed by atoms with van der Waals surface area (Å²) in [4.78, 5) is 34.4. The van der Waals surface area contributed by atoms with E-state index in [4.69, 9.17) is 5.11 Å². The normalized spacial score (nSPS) is 13.1. The van der Waals surface area contributed by atoms with E-state index in [0.717, 1.165) is 19.3 Å². The van der Waals surface area contributed by atoms with Crippen molar-refractivity contribution in [2.75, 3.05) is 0 Å². The Hall–Kier alpha value is -1.27. The van der Waals surface area contributed by atoms with Crippen LogP contribution in [0.5, 0.6) is 0 Å². The minimum absolute atomic E-state index is 0.126. The number of esters is 2. The van der Waals surface area contributed by atoms with E-state index in [1.807, 2.05) is 0 Å². The number of ether oxygens (including phenoxy) is 1. The third-order valence-corrected chi connectivity index (χ3v) is 5.33. The first-order valence-corrected chi connectivity index (χ1v) is 12.0. The van der Waals surface area contributed by atoms with Crippen LogP contribution in [-0.4, -0.2) is 40.1 Å². The Morgan fingerprint density at radius 3 is 1.50 bits per heavy atom. The molecule has 176 valence electrons. The van der Waals surface area contributed by atoms with Gasteiger partial charge in [0.1, 0.15) is 6.10 Å². The second-order valence-corrected chi connectivity index (χ2v) is 8.36. The van der Waals surface area contributed by atoms with Gasteiger partial charge in [-0.25, -0.2) is 4.79 Å². The van der Waals surface area contributed by atoms with E-state index in [9.17, 15) is 19.5 Å². The van der Waals surface area contributed by atoms with Crippen LogP contribution in [0.1, 0.15) is 123 Å². The number of carbonyl (C=O) groups excluding carboxylic acids is 3. The van der Waals surface area contributed by atoms with Gasteiger partial charge in [-0.15, -0.1) is 0 Å². The molecule has 0 heterocycles. The molecule has 0 aliphatic heterocycles. The van der Waals surface area contributed by atoms with E-state index in [2.05, 4.69) is 11.7 Å². The van der Waals surface area contributed by atoms with E-state index in [0.29, 0.717) is 6.42 Å². The molecule has 0 saturated heterocycles. The highest BCUT2D eigenvalue weighted by atomic mass is 16.6. The van der Waals surface area contributed by atoms with Crippen LogP contribution in [0.25, 0.3) is 0 Å². The van der Waals surface area contributed by atoms with Crippen molar-refractivity contribution in [2.45, 2.75) is 135 Å². The summed E-state index contributed by atoms with van der Waals surface area (Å²) in [5, 5.41) is 18.6. The maximum absolute atomic E-state index is 11.6. The monoisotopic (exact) mass is 428 g/mol. The zero-order valence-corrected chi connectivity index (χ0v) is 19.2. The van der Waals surface area contributed by atoms with Crippen LogP contribution in [-0.2, 0) is 19.1 Å². The molecule has 0 saturated carbocycles. The lowest BCUT2D eigenvalue weighted by molar-refractivity contribution is -0.167. The Morgan fingerprint density at radius 2 is 1.10 bits per heavy atom. The fourth-order valence-corrected chi connectivity index (χ4v) is 3.32. The van der Waals surface area contributed by atoms with E-state index in [1.54, 1.807) is 0 Å². The van der Waals surface area contributed by atoms with Crippen LogP contribution >= 0.6 is 0 Å². The van der Waals surface area contributed by atoms with Crippen molar-refractivity contribution < 1.29 is 29.3 Å². The van der Waals surface area contributed by atoms with E-state index in [-0.39, 0.29) is 6.42 Å². The standard InChI is InChI=1S/C24H44O6/c1-3-4-5-6-7-8-9-10-11-12-13-14-15-16-17-18-23(28)30-24(29)22(27)19-21(26)20(2)25/h20,22,25,27H,3-19H2,1-2H3. The lowest BCUT2D eigenvalue weighted by Gasteiger charge is -2.10. The first-order valence-electron chi connectivity index (χ1n) is 12.0. The molecule has 2 unspecified atom stereocenters. The number of unbranched alkanes of at least 4 members (excludes halogenated alkanes) is 14. The van der Waals surface area contributed by atoms with Crippen LogP contribution in [0.2, 0.25) is 0 Å². The zero-order valence-electron chi connectivity index (χ0n) is 19.2. The van der Waals surface area contributed by atoms with Gasteiger partial charge in [0.15, 0.2) is 11.9 Å². The lowest BCUT2D eigenvalue weighted by Crippen LogP contribution is -2.31. The zero-order chi connectivity index (χ0) is 22.6. The number of rotatable bonds is 20. The molecule has 0 aliphatic rings. The van der Waals surface area contributed by atoms with Crippen molar-refractivity contribution in [1.29, 1.82) is 0 Å². The third-order valence-electron chi connectivity index (χ3n) is 5.33. The van der Waals surface area contributed by atoms with E-state index in [1.165, 1.54) is 77.6 Å². The number of aliphatic hydroxyl groups is 2. The van der Waals surface area contributed by atoms with Gasteiger partial charge in [0.25, 0.3) is 0 Å². The van der Waals surface area contributed by atoms with Crippen molar-refractivity contribution in [1.82, 2.24) is 0 Å². The highest BCUT2D eigenvalue weighted by molar-refractivity contribution is 5.92. The molecule has 0 aromatic heterocycles.